The van der Waals surface area contributed by atoms with Crippen LogP contribution in [0.3, 0.4) is 0 Å². The third kappa shape index (κ3) is 2.50. The first kappa shape index (κ1) is 13.3. The van der Waals surface area contributed by atoms with Crippen LogP contribution >= 0.6 is 0 Å². The van der Waals surface area contributed by atoms with E-state index in [4.69, 9.17) is 14.2 Å². The Hall–Kier alpha value is -2.16. The molecule has 19 heavy (non-hydrogen) atoms. The zero-order valence-electron chi connectivity index (χ0n) is 11.7. The molecular formula is C16H18O3. The molecule has 0 aliphatic heterocycles. The van der Waals surface area contributed by atoms with Crippen LogP contribution < -0.4 is 14.2 Å². The summed E-state index contributed by atoms with van der Waals surface area (Å²) in [6.45, 7) is 2.08. The Labute approximate surface area is 113 Å². The van der Waals surface area contributed by atoms with Crippen LogP contribution in [0.4, 0.5) is 0 Å². The number of hydrogen-bond donors (Lipinski definition) is 0. The molecule has 0 saturated carbocycles. The number of ether oxygens (including phenoxy) is 3. The first-order chi connectivity index (χ1) is 9.21. The fraction of sp³-hybridized carbons (Fsp3) is 0.250. The molecule has 100 valence electrons. The summed E-state index contributed by atoms with van der Waals surface area (Å²) >= 11 is 0. The third-order valence-electron chi connectivity index (χ3n) is 3.12. The number of methoxy groups -OCH3 is 3. The van der Waals surface area contributed by atoms with Crippen LogP contribution in [-0.4, -0.2) is 21.3 Å². The van der Waals surface area contributed by atoms with Gasteiger partial charge in [-0.15, -0.1) is 0 Å². The zero-order valence-corrected chi connectivity index (χ0v) is 11.7. The lowest BCUT2D eigenvalue weighted by Gasteiger charge is -2.15. The number of hydrogen-bond acceptors (Lipinski definition) is 3. The molecule has 0 saturated heterocycles. The van der Waals surface area contributed by atoms with E-state index in [-0.39, 0.29) is 0 Å². The van der Waals surface area contributed by atoms with E-state index in [9.17, 15) is 0 Å². The number of rotatable bonds is 4. The molecule has 0 spiro atoms. The maximum Gasteiger partial charge on any atom is 0.203 e. The molecule has 0 radical (unpaired) electrons. The van der Waals surface area contributed by atoms with Crippen molar-refractivity contribution in [3.63, 3.8) is 0 Å². The van der Waals surface area contributed by atoms with Crippen LogP contribution in [0.25, 0.3) is 11.1 Å². The van der Waals surface area contributed by atoms with Gasteiger partial charge < -0.3 is 14.2 Å². The molecule has 0 heterocycles. The van der Waals surface area contributed by atoms with Crippen LogP contribution in [-0.2, 0) is 0 Å². The van der Waals surface area contributed by atoms with E-state index in [1.54, 1.807) is 21.3 Å². The minimum Gasteiger partial charge on any atom is -0.493 e. The quantitative estimate of drug-likeness (QED) is 0.837. The zero-order chi connectivity index (χ0) is 13.8. The van der Waals surface area contributed by atoms with Crippen molar-refractivity contribution in [1.82, 2.24) is 0 Å². The molecule has 0 atom stereocenters. The molecule has 0 N–H and O–H groups in total. The van der Waals surface area contributed by atoms with Crippen molar-refractivity contribution in [2.75, 3.05) is 21.3 Å². The van der Waals surface area contributed by atoms with Gasteiger partial charge in [-0.25, -0.2) is 0 Å². The molecule has 0 aliphatic rings. The predicted molar refractivity (Wildman–Crippen MR) is 76.3 cm³/mol. The minimum absolute atomic E-state index is 0.613. The van der Waals surface area contributed by atoms with Gasteiger partial charge in [0, 0.05) is 0 Å². The SMILES string of the molecule is COc1cc(-c2ccccc2C)cc(OC)c1OC. The maximum absolute atomic E-state index is 5.38. The molecule has 0 amide bonds. The summed E-state index contributed by atoms with van der Waals surface area (Å²) < 4.78 is 16.1. The Bertz CT molecular complexity index is 551. The molecule has 0 fully saturated rings. The molecule has 3 nitrogen and oxygen atoms in total. The van der Waals surface area contributed by atoms with Crippen LogP contribution in [0.5, 0.6) is 17.2 Å². The van der Waals surface area contributed by atoms with E-state index < -0.39 is 0 Å². The maximum atomic E-state index is 5.38. The van der Waals surface area contributed by atoms with Gasteiger partial charge >= 0.3 is 0 Å². The molecule has 2 aromatic carbocycles. The van der Waals surface area contributed by atoms with Gasteiger partial charge in [-0.2, -0.15) is 0 Å². The van der Waals surface area contributed by atoms with Crippen LogP contribution in [0, 0.1) is 6.92 Å². The Morgan fingerprint density at radius 1 is 0.789 bits per heavy atom. The van der Waals surface area contributed by atoms with E-state index in [1.165, 1.54) is 5.56 Å². The Balaban J connectivity index is 2.63. The fourth-order valence-electron chi connectivity index (χ4n) is 2.13. The predicted octanol–water partition coefficient (Wildman–Crippen LogP) is 3.69. The standard InChI is InChI=1S/C16H18O3/c1-11-7-5-6-8-13(11)12-9-14(17-2)16(19-4)15(10-12)18-3/h5-10H,1-4H3. The van der Waals surface area contributed by atoms with Crippen molar-refractivity contribution < 1.29 is 14.2 Å². The van der Waals surface area contributed by atoms with E-state index in [0.717, 1.165) is 11.1 Å². The highest BCUT2D eigenvalue weighted by atomic mass is 16.5. The van der Waals surface area contributed by atoms with Gasteiger partial charge in [0.05, 0.1) is 21.3 Å². The van der Waals surface area contributed by atoms with Gasteiger partial charge in [-0.3, -0.25) is 0 Å². The summed E-state index contributed by atoms with van der Waals surface area (Å²) in [4.78, 5) is 0. The van der Waals surface area contributed by atoms with E-state index >= 15 is 0 Å². The summed E-state index contributed by atoms with van der Waals surface area (Å²) in [5.41, 5.74) is 3.41. The van der Waals surface area contributed by atoms with Crippen LogP contribution in [0.15, 0.2) is 36.4 Å². The van der Waals surface area contributed by atoms with Crippen molar-refractivity contribution >= 4 is 0 Å². The molecular weight excluding hydrogens is 240 g/mol. The lowest BCUT2D eigenvalue weighted by molar-refractivity contribution is 0.324. The van der Waals surface area contributed by atoms with Crippen molar-refractivity contribution in [2.45, 2.75) is 6.92 Å². The van der Waals surface area contributed by atoms with Gasteiger partial charge in [-0.1, -0.05) is 24.3 Å². The second-order valence-corrected chi connectivity index (χ2v) is 4.23. The summed E-state index contributed by atoms with van der Waals surface area (Å²) in [5, 5.41) is 0. The average molecular weight is 258 g/mol. The highest BCUT2D eigenvalue weighted by Crippen LogP contribution is 2.41. The molecule has 0 bridgehead atoms. The molecule has 0 aromatic heterocycles. The second-order valence-electron chi connectivity index (χ2n) is 4.23. The van der Waals surface area contributed by atoms with Crippen molar-refractivity contribution in [3.05, 3.63) is 42.0 Å². The first-order valence-corrected chi connectivity index (χ1v) is 6.07. The highest BCUT2D eigenvalue weighted by Gasteiger charge is 2.14. The van der Waals surface area contributed by atoms with E-state index in [0.29, 0.717) is 17.2 Å². The Kier molecular flexibility index (Phi) is 3.95. The lowest BCUT2D eigenvalue weighted by atomic mass is 10.00. The number of benzene rings is 2. The summed E-state index contributed by atoms with van der Waals surface area (Å²) in [7, 11) is 4.85. The van der Waals surface area contributed by atoms with E-state index in [2.05, 4.69) is 19.1 Å². The minimum atomic E-state index is 0.613. The molecule has 3 heteroatoms. The monoisotopic (exact) mass is 258 g/mol. The Morgan fingerprint density at radius 2 is 1.37 bits per heavy atom. The van der Waals surface area contributed by atoms with Crippen molar-refractivity contribution in [1.29, 1.82) is 0 Å². The number of aryl methyl sites for hydroxylation is 1. The molecule has 2 aromatic rings. The second kappa shape index (κ2) is 5.65. The Morgan fingerprint density at radius 3 is 1.84 bits per heavy atom. The van der Waals surface area contributed by atoms with Gasteiger partial charge in [-0.05, 0) is 35.7 Å². The van der Waals surface area contributed by atoms with Gasteiger partial charge in [0.1, 0.15) is 0 Å². The first-order valence-electron chi connectivity index (χ1n) is 6.07. The topological polar surface area (TPSA) is 27.7 Å². The largest absolute Gasteiger partial charge is 0.493 e. The smallest absolute Gasteiger partial charge is 0.203 e. The van der Waals surface area contributed by atoms with E-state index in [1.807, 2.05) is 24.3 Å². The van der Waals surface area contributed by atoms with Crippen molar-refractivity contribution in [2.24, 2.45) is 0 Å². The molecule has 2 rings (SSSR count). The fourth-order valence-corrected chi connectivity index (χ4v) is 2.13. The average Bonchev–Trinajstić information content (AvgIpc) is 2.46. The van der Waals surface area contributed by atoms with Crippen molar-refractivity contribution in [3.8, 4) is 28.4 Å². The van der Waals surface area contributed by atoms with Crippen LogP contribution in [0.2, 0.25) is 0 Å². The summed E-state index contributed by atoms with van der Waals surface area (Å²) in [6, 6.07) is 12.1. The summed E-state index contributed by atoms with van der Waals surface area (Å²) in [5.74, 6) is 1.95. The van der Waals surface area contributed by atoms with Crippen LogP contribution in [0.1, 0.15) is 5.56 Å². The summed E-state index contributed by atoms with van der Waals surface area (Å²) in [6.07, 6.45) is 0. The van der Waals surface area contributed by atoms with Gasteiger partial charge in [0.15, 0.2) is 11.5 Å². The molecule has 0 aliphatic carbocycles. The normalized spacial score (nSPS) is 10.1. The lowest BCUT2D eigenvalue weighted by Crippen LogP contribution is -1.96. The highest BCUT2D eigenvalue weighted by molar-refractivity contribution is 5.73. The van der Waals surface area contributed by atoms with Gasteiger partial charge in [0.25, 0.3) is 0 Å². The third-order valence-corrected chi connectivity index (χ3v) is 3.12. The van der Waals surface area contributed by atoms with Gasteiger partial charge in [0.2, 0.25) is 5.75 Å². The molecule has 0 unspecified atom stereocenters.